The van der Waals surface area contributed by atoms with Gasteiger partial charge in [0.15, 0.2) is 21.3 Å². The van der Waals surface area contributed by atoms with Crippen LogP contribution in [0.15, 0.2) is 57.8 Å². The fourth-order valence-electron chi connectivity index (χ4n) is 2.39. The maximum Gasteiger partial charge on any atom is 0.200 e. The smallest absolute Gasteiger partial charge is 0.200 e. The van der Waals surface area contributed by atoms with Gasteiger partial charge in [0, 0.05) is 12.8 Å². The molecule has 6 heteroatoms. The highest BCUT2D eigenvalue weighted by molar-refractivity contribution is 7.90. The molecule has 23 heavy (non-hydrogen) atoms. The quantitative estimate of drug-likeness (QED) is 0.776. The lowest BCUT2D eigenvalue weighted by atomic mass is 10.2. The molecule has 0 aliphatic rings. The van der Waals surface area contributed by atoms with Crippen LogP contribution in [0.5, 0.6) is 0 Å². The van der Waals surface area contributed by atoms with E-state index < -0.39 is 9.84 Å². The Hall–Kier alpha value is -2.34. The van der Waals surface area contributed by atoms with Gasteiger partial charge in [0.2, 0.25) is 0 Å². The number of benzene rings is 2. The molecule has 5 nitrogen and oxygen atoms in total. The van der Waals surface area contributed by atoms with E-state index in [2.05, 4.69) is 10.3 Å². The van der Waals surface area contributed by atoms with E-state index in [0.717, 1.165) is 11.1 Å². The Bertz CT molecular complexity index is 899. The molecule has 1 heterocycles. The Labute approximate surface area is 135 Å². The minimum absolute atomic E-state index is 0.00927. The molecule has 0 saturated carbocycles. The lowest BCUT2D eigenvalue weighted by Crippen LogP contribution is -2.12. The van der Waals surface area contributed by atoms with Gasteiger partial charge >= 0.3 is 0 Å². The second kappa shape index (κ2) is 6.04. The van der Waals surface area contributed by atoms with Crippen LogP contribution in [0.25, 0.3) is 11.1 Å². The van der Waals surface area contributed by atoms with E-state index in [1.807, 2.05) is 31.2 Å². The molecule has 120 valence electrons. The third kappa shape index (κ3) is 3.37. The Morgan fingerprint density at radius 1 is 1.13 bits per heavy atom. The highest BCUT2D eigenvalue weighted by Crippen LogP contribution is 2.24. The number of nitrogens with zero attached hydrogens (tertiary/aromatic N) is 1. The van der Waals surface area contributed by atoms with E-state index in [9.17, 15) is 8.42 Å². The molecule has 0 fully saturated rings. The van der Waals surface area contributed by atoms with E-state index in [1.54, 1.807) is 24.3 Å². The summed E-state index contributed by atoms with van der Waals surface area (Å²) in [5.41, 5.74) is 2.18. The fraction of sp³-hybridized carbons (Fsp3) is 0.235. The zero-order valence-corrected chi connectivity index (χ0v) is 13.8. The average Bonchev–Trinajstić information content (AvgIpc) is 2.96. The molecule has 0 spiro atoms. The molecule has 0 saturated heterocycles. The number of hydrogen-bond acceptors (Lipinski definition) is 5. The molecule has 1 N–H and O–H groups in total. The van der Waals surface area contributed by atoms with Gasteiger partial charge in [-0.2, -0.15) is 0 Å². The number of oxazole rings is 1. The zero-order valence-electron chi connectivity index (χ0n) is 13.0. The molecule has 3 aromatic rings. The molecule has 0 amide bonds. The van der Waals surface area contributed by atoms with Crippen molar-refractivity contribution in [2.75, 3.05) is 18.1 Å². The minimum Gasteiger partial charge on any atom is -0.440 e. The molecular formula is C17H18N2O3S. The SMILES string of the molecule is CC(CNc1ccccc1S(C)(=O)=O)c1nc2ccccc2o1. The first-order valence-electron chi connectivity index (χ1n) is 7.33. The summed E-state index contributed by atoms with van der Waals surface area (Å²) < 4.78 is 29.4. The van der Waals surface area contributed by atoms with Gasteiger partial charge in [-0.25, -0.2) is 13.4 Å². The van der Waals surface area contributed by atoms with Crippen LogP contribution in [-0.2, 0) is 9.84 Å². The van der Waals surface area contributed by atoms with E-state index in [1.165, 1.54) is 6.26 Å². The number of anilines is 1. The lowest BCUT2D eigenvalue weighted by molar-refractivity contribution is 0.494. The Balaban J connectivity index is 1.78. The third-order valence-electron chi connectivity index (χ3n) is 3.62. The van der Waals surface area contributed by atoms with E-state index in [4.69, 9.17) is 4.42 Å². The number of aromatic nitrogens is 1. The van der Waals surface area contributed by atoms with Crippen LogP contribution in [0.4, 0.5) is 5.69 Å². The zero-order chi connectivity index (χ0) is 16.4. The maximum atomic E-state index is 11.8. The topological polar surface area (TPSA) is 72.2 Å². The number of rotatable bonds is 5. The molecule has 1 atom stereocenters. The normalized spacial score (nSPS) is 13.1. The van der Waals surface area contributed by atoms with Crippen LogP contribution in [0.2, 0.25) is 0 Å². The summed E-state index contributed by atoms with van der Waals surface area (Å²) in [7, 11) is -3.27. The van der Waals surface area contributed by atoms with Crippen LogP contribution in [0.3, 0.4) is 0 Å². The van der Waals surface area contributed by atoms with Gasteiger partial charge in [-0.05, 0) is 24.3 Å². The average molecular weight is 330 g/mol. The minimum atomic E-state index is -3.27. The summed E-state index contributed by atoms with van der Waals surface area (Å²) in [4.78, 5) is 4.77. The van der Waals surface area contributed by atoms with Crippen molar-refractivity contribution in [3.8, 4) is 0 Å². The summed E-state index contributed by atoms with van der Waals surface area (Å²) in [6, 6.07) is 14.5. The number of sulfone groups is 1. The molecule has 0 aliphatic heterocycles. The van der Waals surface area contributed by atoms with Gasteiger partial charge in [-0.1, -0.05) is 31.2 Å². The maximum absolute atomic E-state index is 11.8. The summed E-state index contributed by atoms with van der Waals surface area (Å²) in [6.45, 7) is 2.51. The number of nitrogens with one attached hydrogen (secondary N) is 1. The van der Waals surface area contributed by atoms with E-state index in [-0.39, 0.29) is 5.92 Å². The summed E-state index contributed by atoms with van der Waals surface area (Å²) in [5, 5.41) is 3.18. The molecule has 3 rings (SSSR count). The summed E-state index contributed by atoms with van der Waals surface area (Å²) in [6.07, 6.45) is 1.21. The van der Waals surface area contributed by atoms with Crippen molar-refractivity contribution in [3.63, 3.8) is 0 Å². The first kappa shape index (κ1) is 15.6. The fourth-order valence-corrected chi connectivity index (χ4v) is 3.25. The van der Waals surface area contributed by atoms with Gasteiger partial charge < -0.3 is 9.73 Å². The first-order chi connectivity index (χ1) is 10.9. The standard InChI is InChI=1S/C17H18N2O3S/c1-12(17-19-13-7-3-5-9-15(13)22-17)11-18-14-8-4-6-10-16(14)23(2,20)21/h3-10,12,18H,11H2,1-2H3. The van der Waals surface area contributed by atoms with E-state index >= 15 is 0 Å². The van der Waals surface area contributed by atoms with Gasteiger partial charge in [-0.3, -0.25) is 0 Å². The van der Waals surface area contributed by atoms with Crippen LogP contribution < -0.4 is 5.32 Å². The van der Waals surface area contributed by atoms with Gasteiger partial charge in [0.05, 0.1) is 16.5 Å². The number of fused-ring (bicyclic) bond motifs is 1. The van der Waals surface area contributed by atoms with Crippen LogP contribution in [0.1, 0.15) is 18.7 Å². The van der Waals surface area contributed by atoms with Crippen molar-refractivity contribution in [2.24, 2.45) is 0 Å². The summed E-state index contributed by atoms with van der Waals surface area (Å²) in [5.74, 6) is 0.644. The molecule has 0 aliphatic carbocycles. The highest BCUT2D eigenvalue weighted by Gasteiger charge is 2.16. The molecule has 1 unspecified atom stereocenters. The van der Waals surface area contributed by atoms with Crippen molar-refractivity contribution in [3.05, 3.63) is 54.4 Å². The molecule has 2 aromatic carbocycles. The molecular weight excluding hydrogens is 312 g/mol. The van der Waals surface area contributed by atoms with Crippen LogP contribution in [0, 0.1) is 0 Å². The van der Waals surface area contributed by atoms with Gasteiger partial charge in [-0.15, -0.1) is 0 Å². The summed E-state index contributed by atoms with van der Waals surface area (Å²) >= 11 is 0. The van der Waals surface area contributed by atoms with E-state index in [0.29, 0.717) is 23.0 Å². The van der Waals surface area contributed by atoms with Crippen molar-refractivity contribution in [1.82, 2.24) is 4.98 Å². The Morgan fingerprint density at radius 2 is 1.83 bits per heavy atom. The number of para-hydroxylation sites is 3. The molecule has 1 aromatic heterocycles. The number of hydrogen-bond donors (Lipinski definition) is 1. The van der Waals surface area contributed by atoms with Crippen molar-refractivity contribution in [1.29, 1.82) is 0 Å². The third-order valence-corrected chi connectivity index (χ3v) is 4.77. The second-order valence-corrected chi connectivity index (χ2v) is 7.55. The predicted octanol–water partition coefficient (Wildman–Crippen LogP) is 3.45. The molecule has 0 radical (unpaired) electrons. The van der Waals surface area contributed by atoms with Crippen molar-refractivity contribution >= 4 is 26.6 Å². The lowest BCUT2D eigenvalue weighted by Gasteiger charge is -2.13. The second-order valence-electron chi connectivity index (χ2n) is 5.57. The Morgan fingerprint density at radius 3 is 2.57 bits per heavy atom. The van der Waals surface area contributed by atoms with Crippen molar-refractivity contribution in [2.45, 2.75) is 17.7 Å². The van der Waals surface area contributed by atoms with Gasteiger partial charge in [0.25, 0.3) is 0 Å². The molecule has 0 bridgehead atoms. The monoisotopic (exact) mass is 330 g/mol. The van der Waals surface area contributed by atoms with Crippen LogP contribution in [-0.4, -0.2) is 26.2 Å². The van der Waals surface area contributed by atoms with Gasteiger partial charge in [0.1, 0.15) is 5.52 Å². The Kier molecular flexibility index (Phi) is 4.09. The first-order valence-corrected chi connectivity index (χ1v) is 9.23. The van der Waals surface area contributed by atoms with Crippen LogP contribution >= 0.6 is 0 Å². The predicted molar refractivity (Wildman–Crippen MR) is 90.5 cm³/mol. The highest BCUT2D eigenvalue weighted by atomic mass is 32.2. The van der Waals surface area contributed by atoms with Crippen molar-refractivity contribution < 1.29 is 12.8 Å². The largest absolute Gasteiger partial charge is 0.440 e.